The van der Waals surface area contributed by atoms with Crippen LogP contribution in [0.25, 0.3) is 0 Å². The number of carboxylic acid groups (broad SMARTS) is 1. The van der Waals surface area contributed by atoms with E-state index in [0.29, 0.717) is 5.92 Å². The van der Waals surface area contributed by atoms with E-state index in [1.807, 2.05) is 13.8 Å². The minimum atomic E-state index is -0.984. The Morgan fingerprint density at radius 2 is 1.89 bits per heavy atom. The number of carbonyl (C=O) groups is 2. The first kappa shape index (κ1) is 16.0. The van der Waals surface area contributed by atoms with E-state index in [1.54, 1.807) is 6.92 Å². The molecule has 0 aromatic carbocycles. The summed E-state index contributed by atoms with van der Waals surface area (Å²) in [6.45, 7) is 7.52. The number of hydrogen-bond donors (Lipinski definition) is 2. The van der Waals surface area contributed by atoms with Gasteiger partial charge in [0.1, 0.15) is 0 Å². The van der Waals surface area contributed by atoms with Gasteiger partial charge in [0, 0.05) is 12.5 Å². The maximum Gasteiger partial charge on any atom is 0.310 e. The molecule has 1 rings (SSSR count). The summed E-state index contributed by atoms with van der Waals surface area (Å²) in [5.74, 6) is -0.598. The van der Waals surface area contributed by atoms with E-state index in [4.69, 9.17) is 0 Å². The summed E-state index contributed by atoms with van der Waals surface area (Å²) in [6, 6.07) is 0.214. The lowest BCUT2D eigenvalue weighted by Gasteiger charge is -2.32. The Morgan fingerprint density at radius 3 is 2.37 bits per heavy atom. The molecule has 0 radical (unpaired) electrons. The summed E-state index contributed by atoms with van der Waals surface area (Å²) in [5, 5.41) is 12.4. The summed E-state index contributed by atoms with van der Waals surface area (Å²) < 4.78 is 0. The fourth-order valence-electron chi connectivity index (χ4n) is 2.65. The van der Waals surface area contributed by atoms with Gasteiger partial charge in [-0.1, -0.05) is 33.6 Å². The maximum absolute atomic E-state index is 12.1. The summed E-state index contributed by atoms with van der Waals surface area (Å²) in [4.78, 5) is 23.5. The van der Waals surface area contributed by atoms with Crippen LogP contribution >= 0.6 is 0 Å². The zero-order valence-corrected chi connectivity index (χ0v) is 12.5. The standard InChI is InChI=1S/C15H27NO3/c1-10(2)15(4,14(18)19)9-13(17)16-12-8-6-5-7-11(12)3/h10-12H,5-9H2,1-4H3,(H,16,17)(H,18,19). The molecule has 0 saturated heterocycles. The van der Waals surface area contributed by atoms with Crippen LogP contribution in [0.2, 0.25) is 0 Å². The number of carboxylic acids is 1. The van der Waals surface area contributed by atoms with Crippen molar-refractivity contribution in [3.8, 4) is 0 Å². The van der Waals surface area contributed by atoms with Crippen LogP contribution in [0.3, 0.4) is 0 Å². The lowest BCUT2D eigenvalue weighted by Crippen LogP contribution is -2.45. The normalized spacial score (nSPS) is 26.8. The van der Waals surface area contributed by atoms with Crippen LogP contribution in [-0.2, 0) is 9.59 Å². The van der Waals surface area contributed by atoms with Gasteiger partial charge in [-0.15, -0.1) is 0 Å². The van der Waals surface area contributed by atoms with Gasteiger partial charge in [0.05, 0.1) is 5.41 Å². The van der Waals surface area contributed by atoms with E-state index in [9.17, 15) is 14.7 Å². The second-order valence-corrected chi connectivity index (χ2v) is 6.49. The molecule has 19 heavy (non-hydrogen) atoms. The number of rotatable bonds is 5. The number of hydrogen-bond acceptors (Lipinski definition) is 2. The fraction of sp³-hybridized carbons (Fsp3) is 0.867. The van der Waals surface area contributed by atoms with Crippen molar-refractivity contribution in [2.24, 2.45) is 17.3 Å². The second-order valence-electron chi connectivity index (χ2n) is 6.49. The van der Waals surface area contributed by atoms with Crippen molar-refractivity contribution >= 4 is 11.9 Å². The lowest BCUT2D eigenvalue weighted by atomic mass is 9.76. The number of amides is 1. The van der Waals surface area contributed by atoms with Crippen molar-refractivity contribution in [3.05, 3.63) is 0 Å². The highest BCUT2D eigenvalue weighted by atomic mass is 16.4. The molecule has 0 heterocycles. The van der Waals surface area contributed by atoms with Gasteiger partial charge in [-0.2, -0.15) is 0 Å². The Hall–Kier alpha value is -1.06. The number of nitrogens with one attached hydrogen (secondary N) is 1. The molecule has 110 valence electrons. The first-order chi connectivity index (χ1) is 8.77. The average Bonchev–Trinajstić information content (AvgIpc) is 2.31. The van der Waals surface area contributed by atoms with Crippen LogP contribution in [0.15, 0.2) is 0 Å². The molecule has 2 N–H and O–H groups in total. The smallest absolute Gasteiger partial charge is 0.310 e. The molecule has 0 aliphatic heterocycles. The molecule has 1 aliphatic carbocycles. The predicted octanol–water partition coefficient (Wildman–Crippen LogP) is 2.82. The highest BCUT2D eigenvalue weighted by Crippen LogP contribution is 2.32. The Labute approximate surface area is 116 Å². The van der Waals surface area contributed by atoms with Crippen LogP contribution in [0.5, 0.6) is 0 Å². The van der Waals surface area contributed by atoms with Gasteiger partial charge >= 0.3 is 5.97 Å². The van der Waals surface area contributed by atoms with Crippen LogP contribution < -0.4 is 5.32 Å². The summed E-state index contributed by atoms with van der Waals surface area (Å²) in [7, 11) is 0. The quantitative estimate of drug-likeness (QED) is 0.806. The van der Waals surface area contributed by atoms with Gasteiger partial charge in [0.15, 0.2) is 0 Å². The second kappa shape index (κ2) is 6.40. The SMILES string of the molecule is CC1CCCCC1NC(=O)CC(C)(C(=O)O)C(C)C. The third kappa shape index (κ3) is 3.95. The Kier molecular flexibility index (Phi) is 5.39. The average molecular weight is 269 g/mol. The zero-order chi connectivity index (χ0) is 14.6. The first-order valence-corrected chi connectivity index (χ1v) is 7.30. The van der Waals surface area contributed by atoms with E-state index in [2.05, 4.69) is 12.2 Å². The Bertz CT molecular complexity index is 340. The van der Waals surface area contributed by atoms with Gasteiger partial charge < -0.3 is 10.4 Å². The molecule has 1 amide bonds. The fourth-order valence-corrected chi connectivity index (χ4v) is 2.65. The zero-order valence-electron chi connectivity index (χ0n) is 12.5. The lowest BCUT2D eigenvalue weighted by molar-refractivity contribution is -0.153. The molecule has 4 nitrogen and oxygen atoms in total. The van der Waals surface area contributed by atoms with E-state index in [-0.39, 0.29) is 24.3 Å². The monoisotopic (exact) mass is 269 g/mol. The van der Waals surface area contributed by atoms with Crippen LogP contribution in [0.1, 0.15) is 59.8 Å². The Morgan fingerprint density at radius 1 is 1.32 bits per heavy atom. The first-order valence-electron chi connectivity index (χ1n) is 7.30. The van der Waals surface area contributed by atoms with E-state index in [1.165, 1.54) is 6.42 Å². The van der Waals surface area contributed by atoms with E-state index in [0.717, 1.165) is 19.3 Å². The highest BCUT2D eigenvalue weighted by Gasteiger charge is 2.39. The van der Waals surface area contributed by atoms with Crippen molar-refractivity contribution < 1.29 is 14.7 Å². The minimum Gasteiger partial charge on any atom is -0.481 e. The summed E-state index contributed by atoms with van der Waals surface area (Å²) in [6.07, 6.45) is 4.59. The molecule has 3 atom stereocenters. The van der Waals surface area contributed by atoms with Crippen molar-refractivity contribution in [1.82, 2.24) is 5.32 Å². The molecule has 3 unspecified atom stereocenters. The van der Waals surface area contributed by atoms with Crippen LogP contribution in [-0.4, -0.2) is 23.0 Å². The molecule has 1 aliphatic rings. The third-order valence-electron chi connectivity index (χ3n) is 4.75. The van der Waals surface area contributed by atoms with Gasteiger partial charge in [0.2, 0.25) is 5.91 Å². The van der Waals surface area contributed by atoms with Gasteiger partial charge in [-0.25, -0.2) is 0 Å². The topological polar surface area (TPSA) is 66.4 Å². The minimum absolute atomic E-state index is 0.0587. The molecule has 4 heteroatoms. The Balaban J connectivity index is 2.60. The van der Waals surface area contributed by atoms with E-state index < -0.39 is 11.4 Å². The molecule has 0 spiro atoms. The number of carbonyl (C=O) groups excluding carboxylic acids is 1. The van der Waals surface area contributed by atoms with Crippen LogP contribution in [0.4, 0.5) is 0 Å². The molecule has 0 aromatic heterocycles. The molecule has 0 aromatic rings. The molecule has 1 saturated carbocycles. The van der Waals surface area contributed by atoms with Crippen molar-refractivity contribution in [3.63, 3.8) is 0 Å². The predicted molar refractivity (Wildman–Crippen MR) is 74.8 cm³/mol. The summed E-state index contributed by atoms with van der Waals surface area (Å²) in [5.41, 5.74) is -0.984. The van der Waals surface area contributed by atoms with Crippen molar-refractivity contribution in [2.75, 3.05) is 0 Å². The highest BCUT2D eigenvalue weighted by molar-refractivity contribution is 5.85. The number of aliphatic carboxylic acids is 1. The van der Waals surface area contributed by atoms with Crippen molar-refractivity contribution in [1.29, 1.82) is 0 Å². The van der Waals surface area contributed by atoms with Gasteiger partial charge in [-0.3, -0.25) is 9.59 Å². The molecule has 1 fully saturated rings. The van der Waals surface area contributed by atoms with Gasteiger partial charge in [-0.05, 0) is 31.6 Å². The molecular weight excluding hydrogens is 242 g/mol. The van der Waals surface area contributed by atoms with E-state index >= 15 is 0 Å². The molecular formula is C15H27NO3. The van der Waals surface area contributed by atoms with Crippen LogP contribution in [0, 0.1) is 17.3 Å². The van der Waals surface area contributed by atoms with Crippen molar-refractivity contribution in [2.45, 2.75) is 65.8 Å². The summed E-state index contributed by atoms with van der Waals surface area (Å²) >= 11 is 0. The molecule has 0 bridgehead atoms. The maximum atomic E-state index is 12.1. The third-order valence-corrected chi connectivity index (χ3v) is 4.75. The van der Waals surface area contributed by atoms with Gasteiger partial charge in [0.25, 0.3) is 0 Å². The largest absolute Gasteiger partial charge is 0.481 e.